The Morgan fingerprint density at radius 1 is 1.50 bits per heavy atom. The monoisotopic (exact) mass is 211 g/mol. The number of ketones is 1. The van der Waals surface area contributed by atoms with Gasteiger partial charge in [0.2, 0.25) is 0 Å². The molecular formula is C10H13NO2S. The molecule has 1 saturated heterocycles. The van der Waals surface area contributed by atoms with Gasteiger partial charge in [-0.2, -0.15) is 0 Å². The molecule has 2 aliphatic heterocycles. The third-order valence-corrected chi connectivity index (χ3v) is 5.11. The molecule has 0 N–H and O–H groups in total. The number of rotatable bonds is 0. The van der Waals surface area contributed by atoms with Crippen LogP contribution in [0.3, 0.4) is 0 Å². The molecule has 3 aliphatic rings. The minimum atomic E-state index is -0.264. The topological polar surface area (TPSA) is 38.7 Å². The molecule has 0 unspecified atom stereocenters. The zero-order chi connectivity index (χ0) is 9.60. The van der Waals surface area contributed by atoms with Crippen molar-refractivity contribution in [1.82, 2.24) is 0 Å². The second-order valence-electron chi connectivity index (χ2n) is 4.24. The second kappa shape index (κ2) is 2.99. The largest absolute Gasteiger partial charge is 0.395 e. The lowest BCUT2D eigenvalue weighted by atomic mass is 9.80. The van der Waals surface area contributed by atoms with Gasteiger partial charge >= 0.3 is 0 Å². The Hall–Kier alpha value is -0.510. The van der Waals surface area contributed by atoms with Crippen LogP contribution in [0.25, 0.3) is 0 Å². The molecule has 0 aromatic heterocycles. The Labute approximate surface area is 87.3 Å². The lowest BCUT2D eigenvalue weighted by Crippen LogP contribution is -2.43. The van der Waals surface area contributed by atoms with Gasteiger partial charge in [0.1, 0.15) is 11.4 Å². The van der Waals surface area contributed by atoms with Gasteiger partial charge in [0, 0.05) is 18.1 Å². The lowest BCUT2D eigenvalue weighted by molar-refractivity contribution is -0.121. The van der Waals surface area contributed by atoms with Gasteiger partial charge in [-0.05, 0) is 12.8 Å². The van der Waals surface area contributed by atoms with Gasteiger partial charge in [-0.25, -0.2) is 0 Å². The smallest absolute Gasteiger partial charge is 0.154 e. The van der Waals surface area contributed by atoms with Crippen LogP contribution in [0.1, 0.15) is 25.7 Å². The normalized spacial score (nSPS) is 41.0. The van der Waals surface area contributed by atoms with Gasteiger partial charge in [0.05, 0.1) is 5.71 Å². The number of nitrogens with zero attached hydrogens (tertiary/aromatic N) is 1. The van der Waals surface area contributed by atoms with Crippen molar-refractivity contribution in [2.75, 3.05) is 12.4 Å². The predicted octanol–water partition coefficient (Wildman–Crippen LogP) is 1.62. The Bertz CT molecular complexity index is 311. The van der Waals surface area contributed by atoms with E-state index in [0.717, 1.165) is 37.1 Å². The number of hydrogen-bond acceptors (Lipinski definition) is 4. The van der Waals surface area contributed by atoms with E-state index in [-0.39, 0.29) is 4.75 Å². The Morgan fingerprint density at radius 3 is 3.29 bits per heavy atom. The van der Waals surface area contributed by atoms with Crippen LogP contribution in [0.15, 0.2) is 5.16 Å². The SMILES string of the molecule is O=C1CCCC[C@@]12SC[C@H]1CON=C12. The van der Waals surface area contributed by atoms with Crippen molar-refractivity contribution in [3.05, 3.63) is 0 Å². The summed E-state index contributed by atoms with van der Waals surface area (Å²) in [6.07, 6.45) is 3.93. The Morgan fingerprint density at radius 2 is 2.43 bits per heavy atom. The third kappa shape index (κ3) is 1.00. The number of Topliss-reactive ketones (excluding diaryl/α,β-unsaturated/α-hetero) is 1. The van der Waals surface area contributed by atoms with Crippen molar-refractivity contribution in [2.45, 2.75) is 30.4 Å². The van der Waals surface area contributed by atoms with E-state index in [1.807, 2.05) is 0 Å². The van der Waals surface area contributed by atoms with Crippen molar-refractivity contribution in [1.29, 1.82) is 0 Å². The van der Waals surface area contributed by atoms with Crippen molar-refractivity contribution in [3.63, 3.8) is 0 Å². The lowest BCUT2D eigenvalue weighted by Gasteiger charge is -2.30. The quantitative estimate of drug-likeness (QED) is 0.611. The standard InChI is InChI=1S/C10H13NO2S/c12-8-3-1-2-4-10(8)9-7(6-14-10)5-13-11-9/h7H,1-6H2/t7-,10-/m1/s1. The molecule has 1 spiro atoms. The van der Waals surface area contributed by atoms with Crippen molar-refractivity contribution < 1.29 is 9.63 Å². The van der Waals surface area contributed by atoms with Gasteiger partial charge in [-0.15, -0.1) is 11.8 Å². The van der Waals surface area contributed by atoms with E-state index >= 15 is 0 Å². The summed E-state index contributed by atoms with van der Waals surface area (Å²) in [6, 6.07) is 0. The van der Waals surface area contributed by atoms with E-state index < -0.39 is 0 Å². The van der Waals surface area contributed by atoms with E-state index in [1.54, 1.807) is 11.8 Å². The molecule has 76 valence electrons. The number of fused-ring (bicyclic) bond motifs is 2. The summed E-state index contributed by atoms with van der Waals surface area (Å²) in [5, 5.41) is 4.10. The molecule has 0 amide bonds. The predicted molar refractivity (Wildman–Crippen MR) is 55.5 cm³/mol. The summed E-state index contributed by atoms with van der Waals surface area (Å²) in [5.74, 6) is 1.83. The van der Waals surface area contributed by atoms with Crippen LogP contribution < -0.4 is 0 Å². The summed E-state index contributed by atoms with van der Waals surface area (Å²) in [6.45, 7) is 0.692. The highest BCUT2D eigenvalue weighted by molar-refractivity contribution is 8.02. The molecule has 0 radical (unpaired) electrons. The highest BCUT2D eigenvalue weighted by Gasteiger charge is 2.54. The summed E-state index contributed by atoms with van der Waals surface area (Å²) >= 11 is 1.81. The van der Waals surface area contributed by atoms with Gasteiger partial charge in [-0.3, -0.25) is 4.79 Å². The molecule has 0 bridgehead atoms. The second-order valence-corrected chi connectivity index (χ2v) is 5.56. The van der Waals surface area contributed by atoms with Gasteiger partial charge in [0.25, 0.3) is 0 Å². The molecule has 0 aromatic carbocycles. The minimum absolute atomic E-state index is 0.264. The number of carbonyl (C=O) groups excluding carboxylic acids is 1. The highest BCUT2D eigenvalue weighted by atomic mass is 32.2. The van der Waals surface area contributed by atoms with Crippen molar-refractivity contribution >= 4 is 23.3 Å². The molecule has 3 rings (SSSR count). The zero-order valence-corrected chi connectivity index (χ0v) is 8.81. The maximum Gasteiger partial charge on any atom is 0.154 e. The van der Waals surface area contributed by atoms with Gasteiger partial charge < -0.3 is 4.84 Å². The summed E-state index contributed by atoms with van der Waals surface area (Å²) in [7, 11) is 0. The first-order chi connectivity index (χ1) is 6.83. The highest BCUT2D eigenvalue weighted by Crippen LogP contribution is 2.48. The molecule has 3 nitrogen and oxygen atoms in total. The maximum atomic E-state index is 12.0. The zero-order valence-electron chi connectivity index (χ0n) is 7.99. The van der Waals surface area contributed by atoms with Crippen LogP contribution in [0.5, 0.6) is 0 Å². The molecule has 4 heteroatoms. The number of carbonyl (C=O) groups is 1. The van der Waals surface area contributed by atoms with Crippen LogP contribution in [-0.2, 0) is 9.63 Å². The first-order valence-corrected chi connectivity index (χ1v) is 6.19. The number of thioether (sulfide) groups is 1. The molecule has 2 atom stereocenters. The molecule has 0 aromatic rings. The average molecular weight is 211 g/mol. The van der Waals surface area contributed by atoms with E-state index in [4.69, 9.17) is 4.84 Å². The third-order valence-electron chi connectivity index (χ3n) is 3.40. The fraction of sp³-hybridized carbons (Fsp3) is 0.800. The first kappa shape index (κ1) is 8.77. The summed E-state index contributed by atoms with van der Waals surface area (Å²) < 4.78 is -0.264. The fourth-order valence-corrected chi connectivity index (χ4v) is 4.27. The van der Waals surface area contributed by atoms with Crippen LogP contribution in [-0.4, -0.2) is 28.6 Å². The average Bonchev–Trinajstić information content (AvgIpc) is 2.75. The molecule has 1 saturated carbocycles. The van der Waals surface area contributed by atoms with Gasteiger partial charge in [0.15, 0.2) is 5.78 Å². The minimum Gasteiger partial charge on any atom is -0.395 e. The van der Waals surface area contributed by atoms with Crippen molar-refractivity contribution in [3.8, 4) is 0 Å². The molecular weight excluding hydrogens is 198 g/mol. The molecule has 2 heterocycles. The molecule has 2 fully saturated rings. The molecule has 14 heavy (non-hydrogen) atoms. The van der Waals surface area contributed by atoms with E-state index in [1.165, 1.54) is 0 Å². The van der Waals surface area contributed by atoms with Crippen molar-refractivity contribution in [2.24, 2.45) is 11.1 Å². The number of oxime groups is 1. The Balaban J connectivity index is 1.98. The van der Waals surface area contributed by atoms with Crippen LogP contribution in [0, 0.1) is 5.92 Å². The van der Waals surface area contributed by atoms with Crippen LogP contribution >= 0.6 is 11.8 Å². The van der Waals surface area contributed by atoms with E-state index in [2.05, 4.69) is 5.16 Å². The first-order valence-electron chi connectivity index (χ1n) is 5.20. The van der Waals surface area contributed by atoms with Crippen LogP contribution in [0.4, 0.5) is 0 Å². The molecule has 1 aliphatic carbocycles. The number of hydrogen-bond donors (Lipinski definition) is 0. The van der Waals surface area contributed by atoms with Crippen LogP contribution in [0.2, 0.25) is 0 Å². The van der Waals surface area contributed by atoms with Gasteiger partial charge in [-0.1, -0.05) is 11.6 Å². The van der Waals surface area contributed by atoms with E-state index in [9.17, 15) is 4.79 Å². The summed E-state index contributed by atoms with van der Waals surface area (Å²) in [5.41, 5.74) is 1.05. The fourth-order valence-electron chi connectivity index (χ4n) is 2.62. The Kier molecular flexibility index (Phi) is 1.87. The summed E-state index contributed by atoms with van der Waals surface area (Å²) in [4.78, 5) is 17.1. The maximum absolute atomic E-state index is 12.0. The van der Waals surface area contributed by atoms with E-state index in [0.29, 0.717) is 18.3 Å².